The number of hydrogen-bond donors (Lipinski definition) is 0. The van der Waals surface area contributed by atoms with Crippen molar-refractivity contribution in [2.45, 2.75) is 47.0 Å². The van der Waals surface area contributed by atoms with Gasteiger partial charge in [0.1, 0.15) is 5.75 Å². The van der Waals surface area contributed by atoms with Crippen LogP contribution in [0.3, 0.4) is 0 Å². The zero-order chi connectivity index (χ0) is 19.2. The van der Waals surface area contributed by atoms with E-state index in [0.717, 1.165) is 25.0 Å². The third-order valence-corrected chi connectivity index (χ3v) is 4.58. The molecule has 1 aliphatic heterocycles. The number of carbonyl (C=O) groups is 2. The molecule has 5 nitrogen and oxygen atoms in total. The third-order valence-electron chi connectivity index (χ3n) is 4.58. The smallest absolute Gasteiger partial charge is 0.253 e. The van der Waals surface area contributed by atoms with Gasteiger partial charge in [0, 0.05) is 37.2 Å². The molecular formula is C21H32N2O3. The summed E-state index contributed by atoms with van der Waals surface area (Å²) >= 11 is 0. The SMILES string of the molecule is CCCCOc1ccc(C(=O)N2CCCN(C(=O)C(C)(C)C)CC2)cc1. The van der Waals surface area contributed by atoms with Crippen molar-refractivity contribution in [2.24, 2.45) is 5.41 Å². The highest BCUT2D eigenvalue weighted by Gasteiger charge is 2.29. The van der Waals surface area contributed by atoms with Gasteiger partial charge in [-0.1, -0.05) is 34.1 Å². The van der Waals surface area contributed by atoms with Crippen molar-refractivity contribution >= 4 is 11.8 Å². The first-order valence-corrected chi connectivity index (χ1v) is 9.64. The maximum absolute atomic E-state index is 12.8. The Kier molecular flexibility index (Phi) is 7.06. The average molecular weight is 360 g/mol. The molecule has 2 amide bonds. The van der Waals surface area contributed by atoms with Crippen molar-refractivity contribution in [2.75, 3.05) is 32.8 Å². The lowest BCUT2D eigenvalue weighted by Crippen LogP contribution is -2.42. The third kappa shape index (κ3) is 5.48. The van der Waals surface area contributed by atoms with Gasteiger partial charge < -0.3 is 14.5 Å². The van der Waals surface area contributed by atoms with E-state index in [1.165, 1.54) is 0 Å². The van der Waals surface area contributed by atoms with E-state index in [1.807, 2.05) is 54.8 Å². The molecule has 0 N–H and O–H groups in total. The zero-order valence-corrected chi connectivity index (χ0v) is 16.6. The summed E-state index contributed by atoms with van der Waals surface area (Å²) in [4.78, 5) is 29.0. The summed E-state index contributed by atoms with van der Waals surface area (Å²) in [5.74, 6) is 0.975. The van der Waals surface area contributed by atoms with Crippen molar-refractivity contribution in [3.8, 4) is 5.75 Å². The minimum absolute atomic E-state index is 0.0233. The molecule has 0 spiro atoms. The Bertz CT molecular complexity index is 605. The van der Waals surface area contributed by atoms with E-state index in [0.29, 0.717) is 38.3 Å². The van der Waals surface area contributed by atoms with E-state index in [4.69, 9.17) is 4.74 Å². The van der Waals surface area contributed by atoms with E-state index < -0.39 is 0 Å². The van der Waals surface area contributed by atoms with Crippen LogP contribution in [0.5, 0.6) is 5.75 Å². The monoisotopic (exact) mass is 360 g/mol. The fourth-order valence-corrected chi connectivity index (χ4v) is 3.01. The average Bonchev–Trinajstić information content (AvgIpc) is 2.86. The molecule has 0 aliphatic carbocycles. The summed E-state index contributed by atoms with van der Waals surface area (Å²) in [6.07, 6.45) is 2.93. The molecule has 0 saturated carbocycles. The molecular weight excluding hydrogens is 328 g/mol. The van der Waals surface area contributed by atoms with Crippen molar-refractivity contribution in [1.29, 1.82) is 0 Å². The molecule has 1 saturated heterocycles. The molecule has 0 radical (unpaired) electrons. The number of amides is 2. The first-order chi connectivity index (χ1) is 12.3. The van der Waals surface area contributed by atoms with Crippen molar-refractivity contribution in [3.63, 3.8) is 0 Å². The first kappa shape index (κ1) is 20.3. The van der Waals surface area contributed by atoms with Crippen LogP contribution in [-0.2, 0) is 4.79 Å². The lowest BCUT2D eigenvalue weighted by Gasteiger charge is -2.28. The molecule has 0 unspecified atom stereocenters. The van der Waals surface area contributed by atoms with Crippen LogP contribution in [0.2, 0.25) is 0 Å². The minimum atomic E-state index is -0.382. The van der Waals surface area contributed by atoms with Crippen LogP contribution in [0.25, 0.3) is 0 Å². The molecule has 0 atom stereocenters. The Morgan fingerprint density at radius 2 is 1.62 bits per heavy atom. The van der Waals surface area contributed by atoms with Gasteiger partial charge in [0.25, 0.3) is 5.91 Å². The van der Waals surface area contributed by atoms with Gasteiger partial charge >= 0.3 is 0 Å². The summed E-state index contributed by atoms with van der Waals surface area (Å²) in [5.41, 5.74) is 0.288. The van der Waals surface area contributed by atoms with E-state index in [1.54, 1.807) is 0 Å². The second-order valence-corrected chi connectivity index (χ2v) is 7.91. The standard InChI is InChI=1S/C21H32N2O3/c1-5-6-16-26-18-10-8-17(9-11-18)19(24)22-12-7-13-23(15-14-22)20(25)21(2,3)4/h8-11H,5-7,12-16H2,1-4H3. The van der Waals surface area contributed by atoms with Crippen LogP contribution in [-0.4, -0.2) is 54.4 Å². The fraction of sp³-hybridized carbons (Fsp3) is 0.619. The number of unbranched alkanes of at least 4 members (excludes halogenated alkanes) is 1. The Labute approximate surface area is 157 Å². The van der Waals surface area contributed by atoms with E-state index in [9.17, 15) is 9.59 Å². The maximum atomic E-state index is 12.8. The van der Waals surface area contributed by atoms with E-state index >= 15 is 0 Å². The molecule has 5 heteroatoms. The highest BCUT2D eigenvalue weighted by atomic mass is 16.5. The predicted molar refractivity (Wildman–Crippen MR) is 103 cm³/mol. The molecule has 1 aromatic carbocycles. The summed E-state index contributed by atoms with van der Waals surface area (Å²) < 4.78 is 5.65. The summed E-state index contributed by atoms with van der Waals surface area (Å²) in [7, 11) is 0. The van der Waals surface area contributed by atoms with Crippen molar-refractivity contribution < 1.29 is 14.3 Å². The number of rotatable bonds is 5. The highest BCUT2D eigenvalue weighted by molar-refractivity contribution is 5.94. The minimum Gasteiger partial charge on any atom is -0.494 e. The van der Waals surface area contributed by atoms with Crippen molar-refractivity contribution in [3.05, 3.63) is 29.8 Å². The van der Waals surface area contributed by atoms with Gasteiger partial charge in [0.2, 0.25) is 5.91 Å². The maximum Gasteiger partial charge on any atom is 0.253 e. The van der Waals surface area contributed by atoms with Gasteiger partial charge in [0.05, 0.1) is 6.61 Å². The number of carbonyl (C=O) groups excluding carboxylic acids is 2. The van der Waals surface area contributed by atoms with Crippen LogP contribution in [0.1, 0.15) is 57.3 Å². The van der Waals surface area contributed by atoms with E-state index in [-0.39, 0.29) is 17.2 Å². The van der Waals surface area contributed by atoms with Crippen LogP contribution in [0.15, 0.2) is 24.3 Å². The predicted octanol–water partition coefficient (Wildman–Crippen LogP) is 3.59. The second-order valence-electron chi connectivity index (χ2n) is 7.91. The molecule has 1 fully saturated rings. The van der Waals surface area contributed by atoms with Gasteiger partial charge in [-0.25, -0.2) is 0 Å². The van der Waals surface area contributed by atoms with Gasteiger partial charge in [-0.3, -0.25) is 9.59 Å². The van der Waals surface area contributed by atoms with Gasteiger partial charge in [0.15, 0.2) is 0 Å². The lowest BCUT2D eigenvalue weighted by molar-refractivity contribution is -0.139. The molecule has 1 aromatic rings. The molecule has 0 bridgehead atoms. The Morgan fingerprint density at radius 1 is 1.00 bits per heavy atom. The number of benzene rings is 1. The van der Waals surface area contributed by atoms with Crippen LogP contribution >= 0.6 is 0 Å². The van der Waals surface area contributed by atoms with Crippen LogP contribution < -0.4 is 4.74 Å². The van der Waals surface area contributed by atoms with Crippen LogP contribution in [0.4, 0.5) is 0 Å². The molecule has 26 heavy (non-hydrogen) atoms. The molecule has 2 rings (SSSR count). The molecule has 1 heterocycles. The Morgan fingerprint density at radius 3 is 2.23 bits per heavy atom. The first-order valence-electron chi connectivity index (χ1n) is 9.64. The number of ether oxygens (including phenoxy) is 1. The van der Waals surface area contributed by atoms with Crippen molar-refractivity contribution in [1.82, 2.24) is 9.80 Å². The number of nitrogens with zero attached hydrogens (tertiary/aromatic N) is 2. The zero-order valence-electron chi connectivity index (χ0n) is 16.6. The van der Waals surface area contributed by atoms with Gasteiger partial charge in [-0.2, -0.15) is 0 Å². The Hall–Kier alpha value is -2.04. The second kappa shape index (κ2) is 9.06. The topological polar surface area (TPSA) is 49.9 Å². The highest BCUT2D eigenvalue weighted by Crippen LogP contribution is 2.20. The lowest BCUT2D eigenvalue weighted by atomic mass is 9.94. The summed E-state index contributed by atoms with van der Waals surface area (Å²) in [5, 5.41) is 0. The molecule has 144 valence electrons. The van der Waals surface area contributed by atoms with Crippen LogP contribution in [0, 0.1) is 5.41 Å². The summed E-state index contributed by atoms with van der Waals surface area (Å²) in [6, 6.07) is 7.37. The Balaban J connectivity index is 1.94. The molecule has 0 aromatic heterocycles. The fourth-order valence-electron chi connectivity index (χ4n) is 3.01. The largest absolute Gasteiger partial charge is 0.494 e. The number of hydrogen-bond acceptors (Lipinski definition) is 3. The normalized spacial score (nSPS) is 15.5. The quantitative estimate of drug-likeness (QED) is 0.754. The van der Waals surface area contributed by atoms with Gasteiger partial charge in [-0.15, -0.1) is 0 Å². The van der Waals surface area contributed by atoms with E-state index in [2.05, 4.69) is 6.92 Å². The summed E-state index contributed by atoms with van der Waals surface area (Å²) in [6.45, 7) is 11.2. The van der Waals surface area contributed by atoms with Gasteiger partial charge in [-0.05, 0) is 37.1 Å². The molecule has 1 aliphatic rings.